The highest BCUT2D eigenvalue weighted by atomic mass is 16.5. The average molecular weight is 198 g/mol. The van der Waals surface area contributed by atoms with Crippen LogP contribution in [0.25, 0.3) is 0 Å². The van der Waals surface area contributed by atoms with Crippen LogP contribution in [-0.2, 0) is 9.53 Å². The lowest BCUT2D eigenvalue weighted by Crippen LogP contribution is -2.52. The molecular formula is C10H18N2O2. The molecule has 0 aliphatic carbocycles. The molecule has 2 N–H and O–H groups in total. The molecule has 2 rings (SSSR count). The van der Waals surface area contributed by atoms with Crippen molar-refractivity contribution in [2.45, 2.75) is 37.8 Å². The molecule has 1 amide bonds. The van der Waals surface area contributed by atoms with E-state index < -0.39 is 0 Å². The lowest BCUT2D eigenvalue weighted by Gasteiger charge is -2.30. The van der Waals surface area contributed by atoms with Gasteiger partial charge >= 0.3 is 0 Å². The van der Waals surface area contributed by atoms with Crippen molar-refractivity contribution in [1.82, 2.24) is 10.6 Å². The van der Waals surface area contributed by atoms with Gasteiger partial charge in [-0.2, -0.15) is 0 Å². The molecule has 4 nitrogen and oxygen atoms in total. The summed E-state index contributed by atoms with van der Waals surface area (Å²) < 4.78 is 5.28. The van der Waals surface area contributed by atoms with Crippen LogP contribution in [0.1, 0.15) is 25.7 Å². The fraction of sp³-hybridized carbons (Fsp3) is 0.900. The average Bonchev–Trinajstić information content (AvgIpc) is 2.23. The third kappa shape index (κ3) is 2.45. The van der Waals surface area contributed by atoms with Gasteiger partial charge in [-0.1, -0.05) is 0 Å². The Morgan fingerprint density at radius 1 is 1.29 bits per heavy atom. The molecule has 2 aliphatic rings. The van der Waals surface area contributed by atoms with E-state index in [0.29, 0.717) is 6.04 Å². The number of hydrogen-bond donors (Lipinski definition) is 2. The second-order valence-electron chi connectivity index (χ2n) is 4.04. The molecule has 14 heavy (non-hydrogen) atoms. The van der Waals surface area contributed by atoms with Crippen molar-refractivity contribution in [3.63, 3.8) is 0 Å². The summed E-state index contributed by atoms with van der Waals surface area (Å²) in [4.78, 5) is 11.5. The van der Waals surface area contributed by atoms with Crippen molar-refractivity contribution in [1.29, 1.82) is 0 Å². The van der Waals surface area contributed by atoms with Crippen molar-refractivity contribution in [3.05, 3.63) is 0 Å². The third-order valence-corrected chi connectivity index (χ3v) is 2.94. The largest absolute Gasteiger partial charge is 0.381 e. The first kappa shape index (κ1) is 9.93. The van der Waals surface area contributed by atoms with E-state index in [0.717, 1.165) is 45.4 Å². The summed E-state index contributed by atoms with van der Waals surface area (Å²) in [5.74, 6) is 0.169. The number of nitrogens with one attached hydrogen (secondary N) is 2. The maximum atomic E-state index is 11.5. The van der Waals surface area contributed by atoms with Gasteiger partial charge in [0.1, 0.15) is 0 Å². The first-order chi connectivity index (χ1) is 6.86. The Bertz CT molecular complexity index is 202. The van der Waals surface area contributed by atoms with E-state index in [1.165, 1.54) is 0 Å². The molecule has 1 atom stereocenters. The minimum Gasteiger partial charge on any atom is -0.381 e. The molecular weight excluding hydrogens is 180 g/mol. The Balaban J connectivity index is 1.79. The Morgan fingerprint density at radius 2 is 2.07 bits per heavy atom. The summed E-state index contributed by atoms with van der Waals surface area (Å²) in [6.45, 7) is 2.49. The van der Waals surface area contributed by atoms with Gasteiger partial charge in [-0.3, -0.25) is 4.79 Å². The molecule has 2 saturated heterocycles. The molecule has 1 unspecified atom stereocenters. The lowest BCUT2D eigenvalue weighted by atomic mass is 10.0. The van der Waals surface area contributed by atoms with E-state index in [4.69, 9.17) is 4.74 Å². The quantitative estimate of drug-likeness (QED) is 0.658. The molecule has 0 aromatic rings. The predicted octanol–water partition coefficient (Wildman–Crippen LogP) is 0.0336. The van der Waals surface area contributed by atoms with Crippen molar-refractivity contribution in [2.75, 3.05) is 19.8 Å². The smallest absolute Gasteiger partial charge is 0.237 e. The maximum absolute atomic E-state index is 11.5. The van der Waals surface area contributed by atoms with Gasteiger partial charge in [0, 0.05) is 25.8 Å². The zero-order valence-electron chi connectivity index (χ0n) is 8.42. The Labute approximate surface area is 84.4 Å². The normalized spacial score (nSPS) is 30.0. The number of carbonyl (C=O) groups excluding carboxylic acids is 1. The van der Waals surface area contributed by atoms with Crippen LogP contribution >= 0.6 is 0 Å². The first-order valence-electron chi connectivity index (χ1n) is 5.48. The Kier molecular flexibility index (Phi) is 3.37. The summed E-state index contributed by atoms with van der Waals surface area (Å²) in [5.41, 5.74) is 0. The zero-order chi connectivity index (χ0) is 9.80. The maximum Gasteiger partial charge on any atom is 0.237 e. The van der Waals surface area contributed by atoms with Crippen LogP contribution in [0.4, 0.5) is 0 Å². The molecule has 0 bridgehead atoms. The van der Waals surface area contributed by atoms with E-state index in [2.05, 4.69) is 10.6 Å². The van der Waals surface area contributed by atoms with Crippen molar-refractivity contribution in [3.8, 4) is 0 Å². The van der Waals surface area contributed by atoms with Gasteiger partial charge in [0.15, 0.2) is 0 Å². The van der Waals surface area contributed by atoms with E-state index in [1.54, 1.807) is 0 Å². The van der Waals surface area contributed by atoms with Gasteiger partial charge in [-0.15, -0.1) is 0 Å². The van der Waals surface area contributed by atoms with E-state index >= 15 is 0 Å². The van der Waals surface area contributed by atoms with Crippen LogP contribution in [0.5, 0.6) is 0 Å². The standard InChI is InChI=1S/C10H18N2O2/c13-10-9(2-1-5-11-10)12-8-3-6-14-7-4-8/h8-9,12H,1-7H2,(H,11,13). The molecule has 2 aliphatic heterocycles. The highest BCUT2D eigenvalue weighted by Gasteiger charge is 2.25. The first-order valence-corrected chi connectivity index (χ1v) is 5.48. The van der Waals surface area contributed by atoms with Crippen LogP contribution in [0.15, 0.2) is 0 Å². The van der Waals surface area contributed by atoms with Crippen molar-refractivity contribution in [2.24, 2.45) is 0 Å². The number of carbonyl (C=O) groups is 1. The van der Waals surface area contributed by atoms with Gasteiger partial charge in [-0.25, -0.2) is 0 Å². The summed E-state index contributed by atoms with van der Waals surface area (Å²) in [7, 11) is 0. The van der Waals surface area contributed by atoms with Crippen LogP contribution in [-0.4, -0.2) is 37.7 Å². The summed E-state index contributed by atoms with van der Waals surface area (Å²) in [5, 5.41) is 6.30. The topological polar surface area (TPSA) is 50.4 Å². The van der Waals surface area contributed by atoms with E-state index in [-0.39, 0.29) is 11.9 Å². The molecule has 2 heterocycles. The molecule has 80 valence electrons. The number of piperidine rings is 1. The fourth-order valence-electron chi connectivity index (χ4n) is 2.08. The number of rotatable bonds is 2. The van der Waals surface area contributed by atoms with Crippen LogP contribution in [0.3, 0.4) is 0 Å². The van der Waals surface area contributed by atoms with Gasteiger partial charge in [-0.05, 0) is 25.7 Å². The summed E-state index contributed by atoms with van der Waals surface area (Å²) in [6, 6.07) is 0.504. The molecule has 0 aromatic carbocycles. The Morgan fingerprint density at radius 3 is 2.79 bits per heavy atom. The monoisotopic (exact) mass is 198 g/mol. The summed E-state index contributed by atoms with van der Waals surface area (Å²) in [6.07, 6.45) is 4.13. The second kappa shape index (κ2) is 4.75. The van der Waals surface area contributed by atoms with Crippen molar-refractivity contribution < 1.29 is 9.53 Å². The molecule has 0 saturated carbocycles. The molecule has 2 fully saturated rings. The number of amides is 1. The third-order valence-electron chi connectivity index (χ3n) is 2.94. The van der Waals surface area contributed by atoms with Crippen molar-refractivity contribution >= 4 is 5.91 Å². The number of ether oxygens (including phenoxy) is 1. The van der Waals surface area contributed by atoms with Gasteiger partial charge in [0.2, 0.25) is 5.91 Å². The zero-order valence-corrected chi connectivity index (χ0v) is 8.42. The highest BCUT2D eigenvalue weighted by Crippen LogP contribution is 2.10. The highest BCUT2D eigenvalue weighted by molar-refractivity contribution is 5.82. The van der Waals surface area contributed by atoms with Gasteiger partial charge < -0.3 is 15.4 Å². The van der Waals surface area contributed by atoms with E-state index in [1.807, 2.05) is 0 Å². The van der Waals surface area contributed by atoms with Crippen LogP contribution in [0, 0.1) is 0 Å². The second-order valence-corrected chi connectivity index (χ2v) is 4.04. The summed E-state index contributed by atoms with van der Waals surface area (Å²) >= 11 is 0. The van der Waals surface area contributed by atoms with E-state index in [9.17, 15) is 4.79 Å². The SMILES string of the molecule is O=C1NCCCC1NC1CCOCC1. The predicted molar refractivity (Wildman–Crippen MR) is 53.0 cm³/mol. The minimum atomic E-state index is 0.0341. The van der Waals surface area contributed by atoms with Crippen LogP contribution in [0.2, 0.25) is 0 Å². The van der Waals surface area contributed by atoms with Gasteiger partial charge in [0.05, 0.1) is 6.04 Å². The molecule has 0 radical (unpaired) electrons. The lowest BCUT2D eigenvalue weighted by molar-refractivity contribution is -0.124. The molecule has 0 spiro atoms. The molecule has 4 heteroatoms. The number of hydrogen-bond acceptors (Lipinski definition) is 3. The Hall–Kier alpha value is -0.610. The molecule has 0 aromatic heterocycles. The minimum absolute atomic E-state index is 0.0341. The fourth-order valence-corrected chi connectivity index (χ4v) is 2.08. The van der Waals surface area contributed by atoms with Gasteiger partial charge in [0.25, 0.3) is 0 Å². The van der Waals surface area contributed by atoms with Crippen LogP contribution < -0.4 is 10.6 Å².